The lowest BCUT2D eigenvalue weighted by Gasteiger charge is -2.11. The van der Waals surface area contributed by atoms with Gasteiger partial charge in [0.1, 0.15) is 0 Å². The standard InChI is InChI=1S/C50H42/c1-35-5-17-45(18-6-35)49(46-19-7-36(2)8-20-46)33-39-13-25-41(26-14-39)43-29-31-44(32-30-43)42-27-15-40(16-28-42)34-50(47-21-9-37(3)10-22-47)48-23-11-38(4)12-24-48/h5-34H,1-4H3. The second-order valence-electron chi connectivity index (χ2n) is 13.4. The topological polar surface area (TPSA) is 0 Å². The van der Waals surface area contributed by atoms with Crippen LogP contribution in [0, 0.1) is 27.7 Å². The monoisotopic (exact) mass is 642 g/mol. The van der Waals surface area contributed by atoms with Crippen LogP contribution in [-0.2, 0) is 0 Å². The minimum Gasteiger partial charge on any atom is -0.0587 e. The van der Waals surface area contributed by atoms with Crippen molar-refractivity contribution in [3.63, 3.8) is 0 Å². The van der Waals surface area contributed by atoms with Gasteiger partial charge in [-0.05, 0) is 107 Å². The lowest BCUT2D eigenvalue weighted by atomic mass is 9.93. The van der Waals surface area contributed by atoms with Gasteiger partial charge in [-0.1, -0.05) is 192 Å². The van der Waals surface area contributed by atoms with Crippen molar-refractivity contribution in [2.45, 2.75) is 27.7 Å². The summed E-state index contributed by atoms with van der Waals surface area (Å²) in [6.07, 6.45) is 4.59. The third kappa shape index (κ3) is 7.67. The first-order chi connectivity index (χ1) is 24.4. The fourth-order valence-corrected chi connectivity index (χ4v) is 6.33. The molecule has 0 aliphatic rings. The van der Waals surface area contributed by atoms with E-state index in [-0.39, 0.29) is 0 Å². The Bertz CT molecular complexity index is 1980. The lowest BCUT2D eigenvalue weighted by Crippen LogP contribution is -1.90. The van der Waals surface area contributed by atoms with E-state index in [1.165, 1.54) is 89.0 Å². The van der Waals surface area contributed by atoms with Crippen LogP contribution in [0.2, 0.25) is 0 Å². The van der Waals surface area contributed by atoms with E-state index in [1.807, 2.05) is 0 Å². The van der Waals surface area contributed by atoms with E-state index in [1.54, 1.807) is 0 Å². The van der Waals surface area contributed by atoms with Crippen LogP contribution in [0.3, 0.4) is 0 Å². The average molecular weight is 643 g/mol. The molecular formula is C50H42. The SMILES string of the molecule is Cc1ccc(C(=Cc2ccc(-c3ccc(-c4ccc(C=C(c5ccc(C)cc5)c5ccc(C)cc5)cc4)cc3)cc2)c2ccc(C)cc2)cc1. The zero-order valence-electron chi connectivity index (χ0n) is 29.3. The molecule has 0 aliphatic carbocycles. The summed E-state index contributed by atoms with van der Waals surface area (Å²) in [5.74, 6) is 0. The zero-order chi connectivity index (χ0) is 34.5. The third-order valence-electron chi connectivity index (χ3n) is 9.45. The number of hydrogen-bond donors (Lipinski definition) is 0. The molecular weight excluding hydrogens is 601 g/mol. The molecule has 7 rings (SSSR count). The number of rotatable bonds is 8. The van der Waals surface area contributed by atoms with Gasteiger partial charge in [0.2, 0.25) is 0 Å². The summed E-state index contributed by atoms with van der Waals surface area (Å²) in [5, 5.41) is 0. The van der Waals surface area contributed by atoms with E-state index in [2.05, 4.69) is 210 Å². The highest BCUT2D eigenvalue weighted by atomic mass is 14.1. The van der Waals surface area contributed by atoms with Crippen LogP contribution < -0.4 is 0 Å². The highest BCUT2D eigenvalue weighted by Gasteiger charge is 2.09. The van der Waals surface area contributed by atoms with Gasteiger partial charge < -0.3 is 0 Å². The van der Waals surface area contributed by atoms with Gasteiger partial charge in [-0.3, -0.25) is 0 Å². The van der Waals surface area contributed by atoms with E-state index >= 15 is 0 Å². The average Bonchev–Trinajstić information content (AvgIpc) is 3.15. The summed E-state index contributed by atoms with van der Waals surface area (Å²) in [7, 11) is 0. The first-order valence-electron chi connectivity index (χ1n) is 17.4. The molecule has 0 bridgehead atoms. The molecule has 0 amide bonds. The van der Waals surface area contributed by atoms with Crippen LogP contribution >= 0.6 is 0 Å². The molecule has 50 heavy (non-hydrogen) atoms. The maximum atomic E-state index is 2.30. The first kappa shape index (κ1) is 32.6. The van der Waals surface area contributed by atoms with E-state index in [0.717, 1.165) is 0 Å². The van der Waals surface area contributed by atoms with E-state index in [0.29, 0.717) is 0 Å². The predicted molar refractivity (Wildman–Crippen MR) is 216 cm³/mol. The molecule has 0 radical (unpaired) electrons. The smallest absolute Gasteiger partial charge is 0.0105 e. The van der Waals surface area contributed by atoms with Crippen molar-refractivity contribution in [3.8, 4) is 22.3 Å². The summed E-state index contributed by atoms with van der Waals surface area (Å²) in [5.41, 5.74) is 19.6. The Kier molecular flexibility index (Phi) is 9.54. The molecule has 0 heteroatoms. The quantitative estimate of drug-likeness (QED) is 0.145. The van der Waals surface area contributed by atoms with Gasteiger partial charge in [0.15, 0.2) is 0 Å². The molecule has 0 atom stereocenters. The lowest BCUT2D eigenvalue weighted by molar-refractivity contribution is 1.43. The van der Waals surface area contributed by atoms with Gasteiger partial charge in [-0.15, -0.1) is 0 Å². The van der Waals surface area contributed by atoms with Crippen molar-refractivity contribution >= 4 is 23.3 Å². The summed E-state index contributed by atoms with van der Waals surface area (Å²) in [6.45, 7) is 8.53. The van der Waals surface area contributed by atoms with Crippen LogP contribution in [-0.4, -0.2) is 0 Å². The summed E-state index contributed by atoms with van der Waals surface area (Å²) in [4.78, 5) is 0. The Hall–Kier alpha value is -5.98. The van der Waals surface area contributed by atoms with Crippen molar-refractivity contribution in [3.05, 3.63) is 225 Å². The van der Waals surface area contributed by atoms with Crippen LogP contribution in [0.1, 0.15) is 55.6 Å². The summed E-state index contributed by atoms with van der Waals surface area (Å²) >= 11 is 0. The Labute approximate surface area is 297 Å². The maximum Gasteiger partial charge on any atom is -0.0105 e. The van der Waals surface area contributed by atoms with Crippen LogP contribution in [0.5, 0.6) is 0 Å². The largest absolute Gasteiger partial charge is 0.0587 e. The number of benzene rings is 7. The van der Waals surface area contributed by atoms with E-state index in [4.69, 9.17) is 0 Å². The molecule has 0 N–H and O–H groups in total. The van der Waals surface area contributed by atoms with Gasteiger partial charge in [-0.2, -0.15) is 0 Å². The molecule has 0 saturated heterocycles. The molecule has 0 nitrogen and oxygen atoms in total. The molecule has 0 saturated carbocycles. The molecule has 7 aromatic carbocycles. The zero-order valence-corrected chi connectivity index (χ0v) is 29.3. The first-order valence-corrected chi connectivity index (χ1v) is 17.4. The van der Waals surface area contributed by atoms with E-state index < -0.39 is 0 Å². The van der Waals surface area contributed by atoms with Gasteiger partial charge in [-0.25, -0.2) is 0 Å². The second-order valence-corrected chi connectivity index (χ2v) is 13.4. The number of hydrogen-bond acceptors (Lipinski definition) is 0. The Morgan fingerprint density at radius 2 is 0.460 bits per heavy atom. The third-order valence-corrected chi connectivity index (χ3v) is 9.45. The summed E-state index contributed by atoms with van der Waals surface area (Å²) in [6, 6.07) is 61.9. The van der Waals surface area contributed by atoms with Crippen molar-refractivity contribution in [1.82, 2.24) is 0 Å². The van der Waals surface area contributed by atoms with Gasteiger partial charge in [0, 0.05) is 0 Å². The van der Waals surface area contributed by atoms with Crippen molar-refractivity contribution in [2.24, 2.45) is 0 Å². The molecule has 242 valence electrons. The Morgan fingerprint density at radius 1 is 0.260 bits per heavy atom. The van der Waals surface area contributed by atoms with Crippen molar-refractivity contribution < 1.29 is 0 Å². The fraction of sp³-hybridized carbons (Fsp3) is 0.0800. The fourth-order valence-electron chi connectivity index (χ4n) is 6.33. The second kappa shape index (κ2) is 14.6. The predicted octanol–water partition coefficient (Wildman–Crippen LogP) is 13.4. The molecule has 7 aromatic rings. The minimum absolute atomic E-state index is 1.18. The highest BCUT2D eigenvalue weighted by Crippen LogP contribution is 2.31. The molecule has 0 spiro atoms. The van der Waals surface area contributed by atoms with Crippen LogP contribution in [0.4, 0.5) is 0 Å². The Morgan fingerprint density at radius 3 is 0.680 bits per heavy atom. The van der Waals surface area contributed by atoms with Crippen LogP contribution in [0.15, 0.2) is 170 Å². The molecule has 0 aromatic heterocycles. The summed E-state index contributed by atoms with van der Waals surface area (Å²) < 4.78 is 0. The normalized spacial score (nSPS) is 10.8. The minimum atomic E-state index is 1.18. The van der Waals surface area contributed by atoms with Crippen LogP contribution in [0.25, 0.3) is 45.6 Å². The van der Waals surface area contributed by atoms with Crippen molar-refractivity contribution in [1.29, 1.82) is 0 Å². The van der Waals surface area contributed by atoms with Crippen molar-refractivity contribution in [2.75, 3.05) is 0 Å². The highest BCUT2D eigenvalue weighted by molar-refractivity contribution is 5.93. The van der Waals surface area contributed by atoms with Gasteiger partial charge >= 0.3 is 0 Å². The molecule has 0 fully saturated rings. The number of aryl methyl sites for hydroxylation is 4. The van der Waals surface area contributed by atoms with Gasteiger partial charge in [0.25, 0.3) is 0 Å². The van der Waals surface area contributed by atoms with E-state index in [9.17, 15) is 0 Å². The molecule has 0 aliphatic heterocycles. The van der Waals surface area contributed by atoms with Gasteiger partial charge in [0.05, 0.1) is 0 Å². The molecule has 0 heterocycles. The molecule has 0 unspecified atom stereocenters. The Balaban J connectivity index is 1.11. The maximum absolute atomic E-state index is 2.30.